The maximum Gasteiger partial charge on any atom is 0.416 e. The number of rotatable bonds is 4. The van der Waals surface area contributed by atoms with Crippen LogP contribution in [0.15, 0.2) is 18.2 Å². The highest BCUT2D eigenvalue weighted by molar-refractivity contribution is 5.56. The van der Waals surface area contributed by atoms with Gasteiger partial charge in [-0.25, -0.2) is 0 Å². The van der Waals surface area contributed by atoms with E-state index in [9.17, 15) is 13.2 Å². The molecule has 23 heavy (non-hydrogen) atoms. The minimum absolute atomic E-state index is 0.0169. The topological polar surface area (TPSA) is 59.3 Å². The normalized spacial score (nSPS) is 27.0. The molecule has 0 amide bonds. The van der Waals surface area contributed by atoms with Gasteiger partial charge in [-0.05, 0) is 31.0 Å². The molecule has 2 aliphatic rings. The van der Waals surface area contributed by atoms with Crippen LogP contribution in [0, 0.1) is 5.92 Å². The summed E-state index contributed by atoms with van der Waals surface area (Å²) in [6.45, 7) is 2.69. The van der Waals surface area contributed by atoms with Crippen LogP contribution >= 0.6 is 0 Å². The Kier molecular flexibility index (Phi) is 4.79. The van der Waals surface area contributed by atoms with Gasteiger partial charge in [0.25, 0.3) is 0 Å². The summed E-state index contributed by atoms with van der Waals surface area (Å²) in [5.74, 6) is 0.219. The fraction of sp³-hybridized carbons (Fsp3) is 0.625. The van der Waals surface area contributed by atoms with Gasteiger partial charge in [-0.15, -0.1) is 0 Å². The summed E-state index contributed by atoms with van der Waals surface area (Å²) in [5, 5.41) is 6.44. The molecular weight excluding hydrogens is 307 g/mol. The van der Waals surface area contributed by atoms with E-state index < -0.39 is 11.7 Å². The van der Waals surface area contributed by atoms with Gasteiger partial charge in [-0.1, -0.05) is 0 Å². The zero-order valence-corrected chi connectivity index (χ0v) is 12.8. The van der Waals surface area contributed by atoms with Crippen LogP contribution in [-0.4, -0.2) is 32.3 Å². The molecule has 1 aromatic rings. The van der Waals surface area contributed by atoms with Gasteiger partial charge in [0.05, 0.1) is 17.8 Å². The molecule has 4 nitrogen and oxygen atoms in total. The fourth-order valence-corrected chi connectivity index (χ4v) is 3.37. The second kappa shape index (κ2) is 6.67. The van der Waals surface area contributed by atoms with E-state index in [1.807, 2.05) is 0 Å². The SMILES string of the molecule is NCCNCC1CCC2CNc3ccc(C(F)(F)F)cc3C2O1. The first kappa shape index (κ1) is 16.5. The number of ether oxygens (including phenoxy) is 1. The molecule has 3 atom stereocenters. The Morgan fingerprint density at radius 2 is 2.13 bits per heavy atom. The van der Waals surface area contributed by atoms with Crippen LogP contribution in [0.5, 0.6) is 0 Å². The van der Waals surface area contributed by atoms with Crippen molar-refractivity contribution in [3.63, 3.8) is 0 Å². The molecule has 3 unspecified atom stereocenters. The number of hydrogen-bond acceptors (Lipinski definition) is 4. The third-order valence-electron chi connectivity index (χ3n) is 4.56. The first-order valence-electron chi connectivity index (χ1n) is 8.00. The van der Waals surface area contributed by atoms with Gasteiger partial charge in [0.15, 0.2) is 0 Å². The molecule has 2 aliphatic heterocycles. The summed E-state index contributed by atoms with van der Waals surface area (Å²) >= 11 is 0. The Labute approximate surface area is 133 Å². The first-order chi connectivity index (χ1) is 11.0. The molecule has 1 fully saturated rings. The smallest absolute Gasteiger partial charge is 0.384 e. The van der Waals surface area contributed by atoms with Crippen molar-refractivity contribution in [1.29, 1.82) is 0 Å². The largest absolute Gasteiger partial charge is 0.416 e. The monoisotopic (exact) mass is 329 g/mol. The molecule has 3 rings (SSSR count). The maximum absolute atomic E-state index is 13.0. The van der Waals surface area contributed by atoms with E-state index in [1.165, 1.54) is 12.1 Å². The lowest BCUT2D eigenvalue weighted by molar-refractivity contribution is -0.137. The summed E-state index contributed by atoms with van der Waals surface area (Å²) in [5.41, 5.74) is 6.20. The molecule has 0 bridgehead atoms. The number of alkyl halides is 3. The summed E-state index contributed by atoms with van der Waals surface area (Å²) < 4.78 is 45.1. The summed E-state index contributed by atoms with van der Waals surface area (Å²) in [7, 11) is 0. The van der Waals surface area contributed by atoms with E-state index in [4.69, 9.17) is 10.5 Å². The van der Waals surface area contributed by atoms with E-state index in [-0.39, 0.29) is 18.1 Å². The van der Waals surface area contributed by atoms with Crippen LogP contribution in [0.3, 0.4) is 0 Å². The molecular formula is C16H22F3N3O. The molecule has 1 aromatic carbocycles. The number of anilines is 1. The number of fused-ring (bicyclic) bond motifs is 3. The predicted molar refractivity (Wildman–Crippen MR) is 82.2 cm³/mol. The van der Waals surface area contributed by atoms with Gasteiger partial charge in [-0.2, -0.15) is 13.2 Å². The highest BCUT2D eigenvalue weighted by Gasteiger charge is 2.38. The van der Waals surface area contributed by atoms with E-state index in [2.05, 4.69) is 10.6 Å². The van der Waals surface area contributed by atoms with Gasteiger partial charge in [0.1, 0.15) is 0 Å². The quantitative estimate of drug-likeness (QED) is 0.743. The number of benzene rings is 1. The fourth-order valence-electron chi connectivity index (χ4n) is 3.37. The lowest BCUT2D eigenvalue weighted by Gasteiger charge is -2.41. The highest BCUT2D eigenvalue weighted by atomic mass is 19.4. The van der Waals surface area contributed by atoms with Crippen molar-refractivity contribution in [3.8, 4) is 0 Å². The Bertz CT molecular complexity index is 550. The van der Waals surface area contributed by atoms with Gasteiger partial charge in [0, 0.05) is 43.3 Å². The number of nitrogens with two attached hydrogens (primary N) is 1. The third kappa shape index (κ3) is 3.62. The average Bonchev–Trinajstić information content (AvgIpc) is 2.53. The molecule has 0 radical (unpaired) electrons. The molecule has 2 heterocycles. The van der Waals surface area contributed by atoms with Crippen molar-refractivity contribution in [1.82, 2.24) is 5.32 Å². The molecule has 0 aromatic heterocycles. The van der Waals surface area contributed by atoms with Crippen LogP contribution in [0.1, 0.15) is 30.1 Å². The minimum Gasteiger partial charge on any atom is -0.384 e. The number of nitrogens with one attached hydrogen (secondary N) is 2. The molecule has 0 saturated carbocycles. The van der Waals surface area contributed by atoms with Crippen LogP contribution < -0.4 is 16.4 Å². The summed E-state index contributed by atoms with van der Waals surface area (Å²) in [4.78, 5) is 0. The van der Waals surface area contributed by atoms with Crippen molar-refractivity contribution in [3.05, 3.63) is 29.3 Å². The van der Waals surface area contributed by atoms with Crippen LogP contribution in [0.4, 0.5) is 18.9 Å². The van der Waals surface area contributed by atoms with Crippen molar-refractivity contribution >= 4 is 5.69 Å². The lowest BCUT2D eigenvalue weighted by Crippen LogP contribution is -2.41. The number of halogens is 3. The van der Waals surface area contributed by atoms with Gasteiger partial charge < -0.3 is 21.1 Å². The molecule has 1 saturated heterocycles. The Hall–Kier alpha value is -1.31. The summed E-state index contributed by atoms with van der Waals surface area (Å²) in [6.07, 6.45) is -2.73. The van der Waals surface area contributed by atoms with E-state index in [0.717, 1.165) is 31.1 Å². The minimum atomic E-state index is -4.33. The van der Waals surface area contributed by atoms with Crippen LogP contribution in [0.25, 0.3) is 0 Å². The van der Waals surface area contributed by atoms with Crippen molar-refractivity contribution in [2.45, 2.75) is 31.2 Å². The predicted octanol–water partition coefficient (Wildman–Crippen LogP) is 2.52. The highest BCUT2D eigenvalue weighted by Crippen LogP contribution is 2.44. The molecule has 4 N–H and O–H groups in total. The average molecular weight is 329 g/mol. The second-order valence-corrected chi connectivity index (χ2v) is 6.19. The molecule has 7 heteroatoms. The van der Waals surface area contributed by atoms with Crippen molar-refractivity contribution < 1.29 is 17.9 Å². The van der Waals surface area contributed by atoms with Crippen LogP contribution in [-0.2, 0) is 10.9 Å². The molecule has 0 spiro atoms. The Morgan fingerprint density at radius 1 is 1.30 bits per heavy atom. The lowest BCUT2D eigenvalue weighted by atomic mass is 9.83. The van der Waals surface area contributed by atoms with E-state index in [0.29, 0.717) is 25.2 Å². The molecule has 128 valence electrons. The van der Waals surface area contributed by atoms with Crippen molar-refractivity contribution in [2.75, 3.05) is 31.5 Å². The van der Waals surface area contributed by atoms with E-state index in [1.54, 1.807) is 0 Å². The zero-order valence-electron chi connectivity index (χ0n) is 12.8. The zero-order chi connectivity index (χ0) is 16.4. The Balaban J connectivity index is 1.79. The standard InChI is InChI=1S/C16H22F3N3O/c17-16(18,19)11-2-4-14-13(7-11)15-10(8-22-14)1-3-12(23-15)9-21-6-5-20/h2,4,7,10,12,15,21-22H,1,3,5-6,8-9,20H2. The number of hydrogen-bond donors (Lipinski definition) is 3. The molecule has 0 aliphatic carbocycles. The van der Waals surface area contributed by atoms with Gasteiger partial charge >= 0.3 is 6.18 Å². The third-order valence-corrected chi connectivity index (χ3v) is 4.56. The first-order valence-corrected chi connectivity index (χ1v) is 8.00. The van der Waals surface area contributed by atoms with Gasteiger partial charge in [-0.3, -0.25) is 0 Å². The second-order valence-electron chi connectivity index (χ2n) is 6.19. The van der Waals surface area contributed by atoms with Crippen LogP contribution in [0.2, 0.25) is 0 Å². The van der Waals surface area contributed by atoms with Crippen molar-refractivity contribution in [2.24, 2.45) is 11.7 Å². The van der Waals surface area contributed by atoms with Gasteiger partial charge in [0.2, 0.25) is 0 Å². The summed E-state index contributed by atoms with van der Waals surface area (Å²) in [6, 6.07) is 3.86. The van der Waals surface area contributed by atoms with E-state index >= 15 is 0 Å². The maximum atomic E-state index is 13.0. The Morgan fingerprint density at radius 3 is 2.87 bits per heavy atom.